The highest BCUT2D eigenvalue weighted by molar-refractivity contribution is 6.29. The van der Waals surface area contributed by atoms with E-state index in [-0.39, 0.29) is 12.3 Å². The van der Waals surface area contributed by atoms with Crippen LogP contribution >= 0.6 is 11.6 Å². The molecule has 5 heteroatoms. The van der Waals surface area contributed by atoms with Gasteiger partial charge in [0.25, 0.3) is 0 Å². The van der Waals surface area contributed by atoms with Crippen LogP contribution in [0.15, 0.2) is 0 Å². The summed E-state index contributed by atoms with van der Waals surface area (Å²) in [5.41, 5.74) is 0. The number of carboxylic acid groups (broad SMARTS) is 1. The minimum atomic E-state index is -1.22. The van der Waals surface area contributed by atoms with E-state index in [2.05, 4.69) is 0 Å². The molecule has 0 saturated heterocycles. The molecule has 0 aromatic rings. The number of alkyl halides is 1. The Hall–Kier alpha value is -0.900. The molecule has 4 nitrogen and oxygen atoms in total. The first-order valence-electron chi connectivity index (χ1n) is 2.87. The second kappa shape index (κ2) is 4.85. The molecule has 0 fully saturated rings. The van der Waals surface area contributed by atoms with E-state index in [4.69, 9.17) is 16.7 Å². The van der Waals surface area contributed by atoms with E-state index in [0.717, 1.165) is 0 Å². The summed E-state index contributed by atoms with van der Waals surface area (Å²) in [4.78, 5) is 30.9. The van der Waals surface area contributed by atoms with Crippen LogP contribution in [0.5, 0.6) is 0 Å². The number of ketones is 2. The number of carbonyl (C=O) groups excluding carboxylic acids is 2. The first-order valence-corrected chi connectivity index (χ1v) is 3.41. The van der Waals surface area contributed by atoms with Gasteiger partial charge in [0, 0.05) is 0 Å². The van der Waals surface area contributed by atoms with Gasteiger partial charge >= 0.3 is 5.97 Å². The molecular formula is C6H7ClO4. The zero-order valence-corrected chi connectivity index (χ0v) is 6.43. The average molecular weight is 179 g/mol. The van der Waals surface area contributed by atoms with Crippen molar-refractivity contribution in [1.29, 1.82) is 0 Å². The van der Waals surface area contributed by atoms with E-state index in [1.165, 1.54) is 0 Å². The molecule has 0 radical (unpaired) electrons. The minimum Gasteiger partial charge on any atom is -0.481 e. The SMILES string of the molecule is O=C(O)CC(=O)CC(=O)CCl. The summed E-state index contributed by atoms with van der Waals surface area (Å²) in [7, 11) is 0. The number of carboxylic acids is 1. The lowest BCUT2D eigenvalue weighted by Crippen LogP contribution is -2.12. The Morgan fingerprint density at radius 2 is 1.64 bits per heavy atom. The molecule has 0 spiro atoms. The van der Waals surface area contributed by atoms with Gasteiger partial charge < -0.3 is 5.11 Å². The van der Waals surface area contributed by atoms with E-state index in [1.54, 1.807) is 0 Å². The van der Waals surface area contributed by atoms with Crippen LogP contribution in [0.25, 0.3) is 0 Å². The fourth-order valence-electron chi connectivity index (χ4n) is 0.498. The second-order valence-corrected chi connectivity index (χ2v) is 2.23. The number of hydrogen-bond donors (Lipinski definition) is 1. The van der Waals surface area contributed by atoms with Gasteiger partial charge in [0.15, 0.2) is 11.6 Å². The summed E-state index contributed by atoms with van der Waals surface area (Å²) in [6.45, 7) is 0. The highest BCUT2D eigenvalue weighted by atomic mass is 35.5. The maximum absolute atomic E-state index is 10.6. The molecule has 0 amide bonds. The molecule has 1 N–H and O–H groups in total. The Labute approximate surface area is 68.1 Å². The van der Waals surface area contributed by atoms with Crippen LogP contribution in [0.3, 0.4) is 0 Å². The lowest BCUT2D eigenvalue weighted by atomic mass is 10.2. The van der Waals surface area contributed by atoms with Crippen molar-refractivity contribution in [2.45, 2.75) is 12.8 Å². The number of Topliss-reactive ketones (excluding diaryl/α,β-unsaturated/α-hetero) is 2. The van der Waals surface area contributed by atoms with E-state index >= 15 is 0 Å². The Kier molecular flexibility index (Phi) is 4.45. The second-order valence-electron chi connectivity index (χ2n) is 1.96. The van der Waals surface area contributed by atoms with Gasteiger partial charge in [0.05, 0.1) is 12.3 Å². The third-order valence-electron chi connectivity index (χ3n) is 0.892. The quantitative estimate of drug-likeness (QED) is 0.483. The summed E-state index contributed by atoms with van der Waals surface area (Å²) in [5, 5.41) is 8.10. The van der Waals surface area contributed by atoms with Gasteiger partial charge in [-0.1, -0.05) is 0 Å². The Bertz CT molecular complexity index is 187. The standard InChI is InChI=1S/C6H7ClO4/c7-3-5(9)1-4(8)2-6(10)11/h1-3H2,(H,10,11). The van der Waals surface area contributed by atoms with Crippen LogP contribution in [0.2, 0.25) is 0 Å². The molecule has 0 aliphatic rings. The first-order chi connectivity index (χ1) is 5.06. The third kappa shape index (κ3) is 5.54. The van der Waals surface area contributed by atoms with Gasteiger partial charge in [-0.2, -0.15) is 0 Å². The van der Waals surface area contributed by atoms with Crippen molar-refractivity contribution in [1.82, 2.24) is 0 Å². The highest BCUT2D eigenvalue weighted by Crippen LogP contribution is 1.93. The number of hydrogen-bond acceptors (Lipinski definition) is 3. The Morgan fingerprint density at radius 3 is 2.00 bits per heavy atom. The molecule has 0 atom stereocenters. The number of rotatable bonds is 5. The molecule has 11 heavy (non-hydrogen) atoms. The van der Waals surface area contributed by atoms with Crippen molar-refractivity contribution in [3.8, 4) is 0 Å². The molecule has 0 aliphatic carbocycles. The zero-order valence-electron chi connectivity index (χ0n) is 5.67. The molecule has 0 aliphatic heterocycles. The minimum absolute atomic E-state index is 0.245. The van der Waals surface area contributed by atoms with E-state index in [0.29, 0.717) is 0 Å². The van der Waals surface area contributed by atoms with Crippen molar-refractivity contribution in [3.05, 3.63) is 0 Å². The van der Waals surface area contributed by atoms with Gasteiger partial charge in [0.1, 0.15) is 6.42 Å². The normalized spacial score (nSPS) is 9.18. The van der Waals surface area contributed by atoms with Gasteiger partial charge in [-0.25, -0.2) is 0 Å². The average Bonchev–Trinajstić information content (AvgIpc) is 1.85. The summed E-state index contributed by atoms with van der Waals surface area (Å²) < 4.78 is 0. The van der Waals surface area contributed by atoms with Crippen LogP contribution in [0.1, 0.15) is 12.8 Å². The summed E-state index contributed by atoms with van der Waals surface area (Å²) in [5.74, 6) is -2.52. The third-order valence-corrected chi connectivity index (χ3v) is 1.19. The molecule has 0 aromatic carbocycles. The summed E-state index contributed by atoms with van der Waals surface area (Å²) in [6, 6.07) is 0. The van der Waals surface area contributed by atoms with Crippen molar-refractivity contribution in [2.24, 2.45) is 0 Å². The van der Waals surface area contributed by atoms with Gasteiger partial charge in [0.2, 0.25) is 0 Å². The number of carbonyl (C=O) groups is 3. The first kappa shape index (κ1) is 10.1. The predicted molar refractivity (Wildman–Crippen MR) is 37.6 cm³/mol. The predicted octanol–water partition coefficient (Wildman–Crippen LogP) is 0.228. The van der Waals surface area contributed by atoms with Gasteiger partial charge in [-0.05, 0) is 0 Å². The monoisotopic (exact) mass is 178 g/mol. The Balaban J connectivity index is 3.70. The topological polar surface area (TPSA) is 71.4 Å². The van der Waals surface area contributed by atoms with Crippen LogP contribution < -0.4 is 0 Å². The molecule has 0 heterocycles. The van der Waals surface area contributed by atoms with Crippen molar-refractivity contribution >= 4 is 29.1 Å². The molecule has 0 unspecified atom stereocenters. The van der Waals surface area contributed by atoms with Crippen LogP contribution in [-0.4, -0.2) is 28.5 Å². The molecule has 0 saturated carbocycles. The van der Waals surface area contributed by atoms with Crippen LogP contribution in [0, 0.1) is 0 Å². The molecule has 0 rings (SSSR count). The molecule has 62 valence electrons. The number of halogens is 1. The fraction of sp³-hybridized carbons (Fsp3) is 0.500. The van der Waals surface area contributed by atoms with E-state index in [9.17, 15) is 14.4 Å². The van der Waals surface area contributed by atoms with Crippen molar-refractivity contribution in [3.63, 3.8) is 0 Å². The fourth-order valence-corrected chi connectivity index (χ4v) is 0.593. The maximum atomic E-state index is 10.6. The zero-order chi connectivity index (χ0) is 8.85. The molecule has 0 bridgehead atoms. The van der Waals surface area contributed by atoms with Gasteiger partial charge in [-0.15, -0.1) is 11.6 Å². The smallest absolute Gasteiger partial charge is 0.310 e. The van der Waals surface area contributed by atoms with Crippen LogP contribution in [-0.2, 0) is 14.4 Å². The summed E-state index contributed by atoms with van der Waals surface area (Å²) >= 11 is 5.08. The Morgan fingerprint density at radius 1 is 1.09 bits per heavy atom. The molecular weight excluding hydrogens is 172 g/mol. The number of aliphatic carboxylic acids is 1. The van der Waals surface area contributed by atoms with Crippen molar-refractivity contribution < 1.29 is 19.5 Å². The highest BCUT2D eigenvalue weighted by Gasteiger charge is 2.11. The van der Waals surface area contributed by atoms with Gasteiger partial charge in [-0.3, -0.25) is 14.4 Å². The van der Waals surface area contributed by atoms with Crippen LogP contribution in [0.4, 0.5) is 0 Å². The lowest BCUT2D eigenvalue weighted by Gasteiger charge is -1.92. The lowest BCUT2D eigenvalue weighted by molar-refractivity contribution is -0.140. The van der Waals surface area contributed by atoms with E-state index in [1.807, 2.05) is 0 Å². The van der Waals surface area contributed by atoms with Crippen molar-refractivity contribution in [2.75, 3.05) is 5.88 Å². The molecule has 0 aromatic heterocycles. The summed E-state index contributed by atoms with van der Waals surface area (Å²) in [6.07, 6.45) is -0.988. The largest absolute Gasteiger partial charge is 0.481 e. The van der Waals surface area contributed by atoms with E-state index < -0.39 is 24.0 Å². The maximum Gasteiger partial charge on any atom is 0.310 e.